The fourth-order valence-electron chi connectivity index (χ4n) is 5.79. The van der Waals surface area contributed by atoms with Crippen molar-refractivity contribution < 1.29 is 23.8 Å². The number of nitrogens with one attached hydrogen (secondary N) is 1. The second-order valence-electron chi connectivity index (χ2n) is 10.4. The number of hydrogen-bond acceptors (Lipinski definition) is 8. The van der Waals surface area contributed by atoms with E-state index in [1.165, 1.54) is 30.3 Å². The molecule has 190 valence electrons. The average molecular weight is 504 g/mol. The number of benzene rings is 2. The minimum atomic E-state index is -0.930. The third-order valence-electron chi connectivity index (χ3n) is 8.60. The lowest BCUT2D eigenvalue weighted by atomic mass is 9.64. The fourth-order valence-corrected chi connectivity index (χ4v) is 5.79. The van der Waals surface area contributed by atoms with Crippen molar-refractivity contribution in [1.29, 1.82) is 0 Å². The number of carbonyl (C=O) groups is 2. The summed E-state index contributed by atoms with van der Waals surface area (Å²) in [7, 11) is 0. The van der Waals surface area contributed by atoms with Crippen LogP contribution in [0.3, 0.4) is 0 Å². The van der Waals surface area contributed by atoms with Crippen molar-refractivity contribution in [2.24, 2.45) is 21.4 Å². The average Bonchev–Trinajstić information content (AvgIpc) is 3.18. The molecule has 2 atom stereocenters. The van der Waals surface area contributed by atoms with E-state index in [2.05, 4.69) is 10.5 Å². The smallest absolute Gasteiger partial charge is 0.373 e. The predicted octanol–water partition coefficient (Wildman–Crippen LogP) is 5.07. The second-order valence-corrected chi connectivity index (χ2v) is 10.4. The summed E-state index contributed by atoms with van der Waals surface area (Å²) in [5, 5.41) is 18.6. The predicted molar refractivity (Wildman–Crippen MR) is 135 cm³/mol. The third-order valence-corrected chi connectivity index (χ3v) is 8.60. The highest BCUT2D eigenvalue weighted by atomic mass is 16.7. The van der Waals surface area contributed by atoms with Crippen LogP contribution in [-0.2, 0) is 9.63 Å². The zero-order chi connectivity index (χ0) is 26.6. The second kappa shape index (κ2) is 8.36. The summed E-state index contributed by atoms with van der Waals surface area (Å²) in [6, 6.07) is 13.9. The van der Waals surface area contributed by atoms with Crippen molar-refractivity contribution in [2.75, 3.05) is 5.32 Å². The first-order valence-electron chi connectivity index (χ1n) is 11.9. The molecule has 0 aliphatic heterocycles. The molecule has 0 saturated heterocycles. The summed E-state index contributed by atoms with van der Waals surface area (Å²) in [4.78, 5) is 54.3. The van der Waals surface area contributed by atoms with Crippen LogP contribution in [-0.4, -0.2) is 22.5 Å². The quantitative estimate of drug-likeness (QED) is 0.222. The number of amides is 1. The summed E-state index contributed by atoms with van der Waals surface area (Å²) >= 11 is 0. The van der Waals surface area contributed by atoms with Crippen molar-refractivity contribution in [3.05, 3.63) is 80.7 Å². The van der Waals surface area contributed by atoms with Crippen LogP contribution >= 0.6 is 0 Å². The summed E-state index contributed by atoms with van der Waals surface area (Å²) in [5.74, 6) is -1.15. The van der Waals surface area contributed by atoms with E-state index in [-0.39, 0.29) is 23.6 Å². The van der Waals surface area contributed by atoms with Crippen LogP contribution in [0.2, 0.25) is 0 Å². The molecule has 1 aromatic heterocycles. The maximum Gasteiger partial charge on any atom is 0.373 e. The first kappa shape index (κ1) is 24.4. The molecule has 0 radical (unpaired) electrons. The standard InChI is InChI=1S/C27H25N3O7/c1-25(2)26(3)12-13-27(25,24(33)28-17-8-10-18(11-9-17)30(34)35)15-21(26)29-37-23(32)19-14-16-6-4-5-7-20(16)36-22(19)31/h4-11,14H,12-13,15H2,1-3H3,(H,28,33)/b29-21+. The molecule has 1 N–H and O–H groups in total. The molecule has 2 aliphatic rings. The highest BCUT2D eigenvalue weighted by Crippen LogP contribution is 2.71. The van der Waals surface area contributed by atoms with Crippen molar-refractivity contribution in [2.45, 2.75) is 40.0 Å². The molecule has 2 bridgehead atoms. The molecular formula is C27H25N3O7. The molecule has 2 saturated carbocycles. The maximum atomic E-state index is 13.6. The van der Waals surface area contributed by atoms with Gasteiger partial charge in [-0.25, -0.2) is 9.59 Å². The van der Waals surface area contributed by atoms with Gasteiger partial charge in [-0.2, -0.15) is 0 Å². The topological polar surface area (TPSA) is 141 Å². The summed E-state index contributed by atoms with van der Waals surface area (Å²) in [5.41, 5.74) is -1.64. The maximum absolute atomic E-state index is 13.6. The number of rotatable bonds is 5. The Morgan fingerprint density at radius 2 is 1.78 bits per heavy atom. The molecule has 37 heavy (non-hydrogen) atoms. The molecular weight excluding hydrogens is 478 g/mol. The van der Waals surface area contributed by atoms with Crippen molar-refractivity contribution in [3.8, 4) is 0 Å². The number of non-ortho nitro benzene ring substituents is 1. The van der Waals surface area contributed by atoms with Gasteiger partial charge in [0.1, 0.15) is 11.1 Å². The molecule has 2 aliphatic carbocycles. The van der Waals surface area contributed by atoms with E-state index in [1.807, 2.05) is 20.8 Å². The SMILES string of the molecule is CC12CCC(C(=O)Nc3ccc([N+](=O)[O-])cc3)(C/C1=N\OC(=O)c1cc3ccccc3oc1=O)C2(C)C. The Bertz CT molecular complexity index is 1540. The van der Waals surface area contributed by atoms with Crippen LogP contribution in [0, 0.1) is 26.4 Å². The van der Waals surface area contributed by atoms with Gasteiger partial charge in [0.15, 0.2) is 0 Å². The number of nitro groups is 1. The lowest BCUT2D eigenvalue weighted by molar-refractivity contribution is -0.384. The lowest BCUT2D eigenvalue weighted by Gasteiger charge is -2.39. The molecule has 2 fully saturated rings. The zero-order valence-corrected chi connectivity index (χ0v) is 20.6. The molecule has 2 aromatic carbocycles. The highest BCUT2D eigenvalue weighted by Gasteiger charge is 2.71. The zero-order valence-electron chi connectivity index (χ0n) is 20.6. The number of anilines is 1. The number of nitro benzene ring substituents is 1. The molecule has 5 rings (SSSR count). The minimum absolute atomic E-state index is 0.0671. The summed E-state index contributed by atoms with van der Waals surface area (Å²) in [6.45, 7) is 5.99. The van der Waals surface area contributed by atoms with Crippen molar-refractivity contribution in [3.63, 3.8) is 0 Å². The van der Waals surface area contributed by atoms with Gasteiger partial charge in [-0.3, -0.25) is 14.9 Å². The third kappa shape index (κ3) is 3.62. The van der Waals surface area contributed by atoms with E-state index in [0.717, 1.165) is 0 Å². The van der Waals surface area contributed by atoms with Crippen molar-refractivity contribution in [1.82, 2.24) is 0 Å². The van der Waals surface area contributed by atoms with Gasteiger partial charge in [0.05, 0.1) is 16.0 Å². The molecule has 3 aromatic rings. The number of hydrogen-bond donors (Lipinski definition) is 1. The number of oxime groups is 1. The molecule has 1 heterocycles. The van der Waals surface area contributed by atoms with Gasteiger partial charge in [0.25, 0.3) is 5.69 Å². The molecule has 0 spiro atoms. The Balaban J connectivity index is 1.39. The molecule has 10 heteroatoms. The van der Waals surface area contributed by atoms with Gasteiger partial charge in [0, 0.05) is 35.0 Å². The van der Waals surface area contributed by atoms with E-state index >= 15 is 0 Å². The van der Waals surface area contributed by atoms with Crippen LogP contribution in [0.4, 0.5) is 11.4 Å². The first-order chi connectivity index (χ1) is 17.5. The Labute approximate surface area is 211 Å². The Morgan fingerprint density at radius 1 is 1.08 bits per heavy atom. The van der Waals surface area contributed by atoms with Gasteiger partial charge in [-0.05, 0) is 42.5 Å². The van der Waals surface area contributed by atoms with Crippen LogP contribution in [0.15, 0.2) is 69.0 Å². The van der Waals surface area contributed by atoms with Gasteiger partial charge < -0.3 is 14.6 Å². The van der Waals surface area contributed by atoms with E-state index in [4.69, 9.17) is 9.25 Å². The van der Waals surface area contributed by atoms with Gasteiger partial charge in [0.2, 0.25) is 5.91 Å². The summed E-state index contributed by atoms with van der Waals surface area (Å²) in [6.07, 6.45) is 1.54. The number of para-hydroxylation sites is 1. The van der Waals surface area contributed by atoms with Crippen LogP contribution in [0.1, 0.15) is 50.4 Å². The molecule has 10 nitrogen and oxygen atoms in total. The largest absolute Gasteiger partial charge is 0.422 e. The number of fused-ring (bicyclic) bond motifs is 3. The highest BCUT2D eigenvalue weighted by molar-refractivity contribution is 6.06. The van der Waals surface area contributed by atoms with Crippen LogP contribution in [0.5, 0.6) is 0 Å². The lowest BCUT2D eigenvalue weighted by Crippen LogP contribution is -2.43. The fraction of sp³-hybridized carbons (Fsp3) is 0.333. The van der Waals surface area contributed by atoms with E-state index in [1.54, 1.807) is 24.3 Å². The summed E-state index contributed by atoms with van der Waals surface area (Å²) < 4.78 is 5.22. The van der Waals surface area contributed by atoms with E-state index in [9.17, 15) is 24.5 Å². The molecule has 2 unspecified atom stereocenters. The number of carbonyl (C=O) groups excluding carboxylic acids is 2. The van der Waals surface area contributed by atoms with Gasteiger partial charge in [-0.1, -0.05) is 44.1 Å². The first-order valence-corrected chi connectivity index (χ1v) is 11.9. The number of nitrogens with zero attached hydrogens (tertiary/aromatic N) is 2. The Morgan fingerprint density at radius 3 is 2.49 bits per heavy atom. The minimum Gasteiger partial charge on any atom is -0.422 e. The molecule has 1 amide bonds. The van der Waals surface area contributed by atoms with Gasteiger partial charge >= 0.3 is 11.6 Å². The Hall–Kier alpha value is -4.34. The Kier molecular flexibility index (Phi) is 5.50. The normalized spacial score (nSPS) is 24.8. The van der Waals surface area contributed by atoms with Gasteiger partial charge in [-0.15, -0.1) is 0 Å². The monoisotopic (exact) mass is 503 g/mol. The van der Waals surface area contributed by atoms with E-state index in [0.29, 0.717) is 35.2 Å². The van der Waals surface area contributed by atoms with E-state index < -0.39 is 32.8 Å². The van der Waals surface area contributed by atoms with Crippen LogP contribution < -0.4 is 10.9 Å². The van der Waals surface area contributed by atoms with Crippen molar-refractivity contribution >= 4 is 39.9 Å². The van der Waals surface area contributed by atoms with Crippen LogP contribution in [0.25, 0.3) is 11.0 Å².